The summed E-state index contributed by atoms with van der Waals surface area (Å²) in [5, 5.41) is 58.8. The number of ether oxygens (including phenoxy) is 5. The van der Waals surface area contributed by atoms with Gasteiger partial charge in [0.15, 0.2) is 6.29 Å². The summed E-state index contributed by atoms with van der Waals surface area (Å²) in [6.45, 7) is 3.66. The van der Waals surface area contributed by atoms with Crippen molar-refractivity contribution in [2.75, 3.05) is 56.8 Å². The molecule has 5 rings (SSSR count). The van der Waals surface area contributed by atoms with Gasteiger partial charge in [-0.3, -0.25) is 24.2 Å². The molecule has 2 aliphatic heterocycles. The topological polar surface area (TPSA) is 339 Å². The highest BCUT2D eigenvalue weighted by Gasteiger charge is 2.41. The Kier molecular flexibility index (Phi) is 20.0. The molecule has 9 atom stereocenters. The number of carbonyl (C=O) groups excluding carboxylic acids is 3. The van der Waals surface area contributed by atoms with E-state index < -0.39 is 79.5 Å². The molecular weight excluding hydrogens is 875 g/mol. The van der Waals surface area contributed by atoms with Crippen molar-refractivity contribution in [2.45, 2.75) is 113 Å². The predicted molar refractivity (Wildman–Crippen MR) is 235 cm³/mol. The van der Waals surface area contributed by atoms with E-state index >= 15 is 0 Å². The molecule has 2 saturated heterocycles. The molecule has 65 heavy (non-hydrogen) atoms. The number of aliphatic hydroxyl groups is 4. The first kappa shape index (κ1) is 51.3. The smallest absolute Gasteiger partial charge is 0.326 e. The number of aliphatic carboxylic acids is 1. The monoisotopic (exact) mass is 935 g/mol. The van der Waals surface area contributed by atoms with Crippen molar-refractivity contribution in [1.29, 1.82) is 0 Å². The van der Waals surface area contributed by atoms with Crippen LogP contribution in [0.15, 0.2) is 35.3 Å². The lowest BCUT2D eigenvalue weighted by molar-refractivity contribution is -0.299. The second kappa shape index (κ2) is 25.3. The van der Waals surface area contributed by atoms with Crippen molar-refractivity contribution in [2.24, 2.45) is 0 Å². The number of nitrogens with one attached hydrogen (secondary N) is 5. The molecule has 0 bridgehead atoms. The number of carboxylic acids is 1. The van der Waals surface area contributed by atoms with Crippen LogP contribution in [0.5, 0.6) is 0 Å². The Bertz CT molecular complexity index is 2070. The zero-order chi connectivity index (χ0) is 47.0. The highest BCUT2D eigenvalue weighted by Crippen LogP contribution is 2.28. The number of carboxylic acid groups (broad SMARTS) is 1. The largest absolute Gasteiger partial charge is 0.480 e. The number of carbonyl (C=O) groups is 4. The number of anilines is 1. The number of esters is 1. The minimum Gasteiger partial charge on any atom is -0.480 e. The quantitative estimate of drug-likeness (QED) is 0.0348. The number of nitrogens with zero attached hydrogens (tertiary/aromatic N) is 1. The van der Waals surface area contributed by atoms with E-state index in [4.69, 9.17) is 29.4 Å². The van der Waals surface area contributed by atoms with Gasteiger partial charge in [0.25, 0.3) is 11.5 Å². The zero-order valence-electron chi connectivity index (χ0n) is 36.3. The molecule has 23 heteroatoms. The zero-order valence-corrected chi connectivity index (χ0v) is 37.1. The Morgan fingerprint density at radius 1 is 1.02 bits per heavy atom. The van der Waals surface area contributed by atoms with E-state index in [2.05, 4.69) is 30.9 Å². The second-order valence-corrected chi connectivity index (χ2v) is 17.2. The Balaban J connectivity index is 0.953. The molecule has 0 spiro atoms. The van der Waals surface area contributed by atoms with Gasteiger partial charge in [0.2, 0.25) is 11.9 Å². The van der Waals surface area contributed by atoms with Crippen LogP contribution in [0.4, 0.5) is 5.95 Å². The third-order valence-electron chi connectivity index (χ3n) is 10.7. The summed E-state index contributed by atoms with van der Waals surface area (Å²) in [5.41, 5.74) is 7.53. The first-order valence-electron chi connectivity index (χ1n) is 21.5. The van der Waals surface area contributed by atoms with E-state index in [9.17, 15) is 49.5 Å². The number of aryl methyl sites for hydroxylation is 2. The van der Waals surface area contributed by atoms with Crippen LogP contribution >= 0.6 is 11.8 Å². The summed E-state index contributed by atoms with van der Waals surface area (Å²) in [6.07, 6.45) is -3.71. The van der Waals surface area contributed by atoms with Crippen LogP contribution in [0.3, 0.4) is 0 Å². The fraction of sp³-hybridized carbons (Fsp3) is 0.619. The molecule has 1 aromatic carbocycles. The summed E-state index contributed by atoms with van der Waals surface area (Å²) >= 11 is 1.44. The maximum atomic E-state index is 13.1. The van der Waals surface area contributed by atoms with Crippen molar-refractivity contribution in [3.05, 3.63) is 57.5 Å². The standard InChI is InChI=1S/C42H61N7O15S/c1-22(2)46-28(20-65-21-33-31(15-26(51)19-62-33)63-41-30(53)16-29(52)32(18-50)64-41)38(56)44-11-12-60-13-14-61-34(54)10-9-27(40(58)59)47-37(55)24-6-3-23(4-7-24)5-8-25-17-45-36-35(25)39(57)49-42(43)48-36/h3-4,6-7,17,22,26-33,41,46,50-53H,5,8-16,18-21H2,1-2H3,(H,44,56)(H,47,55)(H,58,59)(H4,43,45,48,49,57)/t26?,27-,28+,29?,30?,31-,32?,33?,41+/m0/s1. The summed E-state index contributed by atoms with van der Waals surface area (Å²) in [5.74, 6) is -2.10. The van der Waals surface area contributed by atoms with E-state index in [1.165, 1.54) is 11.8 Å². The number of H-pyrrole nitrogens is 2. The van der Waals surface area contributed by atoms with Crippen molar-refractivity contribution in [1.82, 2.24) is 30.9 Å². The number of aromatic amines is 2. The Morgan fingerprint density at radius 2 is 1.78 bits per heavy atom. The van der Waals surface area contributed by atoms with E-state index in [0.717, 1.165) is 11.1 Å². The molecule has 22 nitrogen and oxygen atoms in total. The third kappa shape index (κ3) is 15.7. The second-order valence-electron chi connectivity index (χ2n) is 16.2. The number of benzene rings is 1. The van der Waals surface area contributed by atoms with Crippen LogP contribution in [-0.4, -0.2) is 176 Å². The van der Waals surface area contributed by atoms with Gasteiger partial charge in [-0.25, -0.2) is 4.79 Å². The number of fused-ring (bicyclic) bond motifs is 1. The number of hydrogen-bond donors (Lipinski definition) is 11. The molecule has 2 fully saturated rings. The molecular formula is C42H61N7O15S. The lowest BCUT2D eigenvalue weighted by Gasteiger charge is -2.41. The molecule has 0 radical (unpaired) electrons. The number of amides is 2. The average Bonchev–Trinajstić information content (AvgIpc) is 3.68. The van der Waals surface area contributed by atoms with Gasteiger partial charge in [0.1, 0.15) is 30.5 Å². The Morgan fingerprint density at radius 3 is 2.51 bits per heavy atom. The minimum absolute atomic E-state index is 0.0139. The maximum Gasteiger partial charge on any atom is 0.326 e. The van der Waals surface area contributed by atoms with Gasteiger partial charge in [-0.15, -0.1) is 0 Å². The van der Waals surface area contributed by atoms with Gasteiger partial charge < -0.3 is 75.9 Å². The fourth-order valence-electron chi connectivity index (χ4n) is 7.30. The average molecular weight is 936 g/mol. The van der Waals surface area contributed by atoms with E-state index in [1.807, 2.05) is 13.8 Å². The van der Waals surface area contributed by atoms with Crippen molar-refractivity contribution >= 4 is 52.5 Å². The normalized spacial score (nSPS) is 23.2. The summed E-state index contributed by atoms with van der Waals surface area (Å²) in [4.78, 5) is 72.1. The molecule has 2 aliphatic rings. The lowest BCUT2D eigenvalue weighted by atomic mass is 10.0. The van der Waals surface area contributed by atoms with Crippen LogP contribution in [0.25, 0.3) is 11.0 Å². The van der Waals surface area contributed by atoms with Gasteiger partial charge in [-0.1, -0.05) is 26.0 Å². The molecule has 0 saturated carbocycles. The van der Waals surface area contributed by atoms with E-state index in [0.29, 0.717) is 35.4 Å². The van der Waals surface area contributed by atoms with Crippen LogP contribution in [0.1, 0.15) is 61.0 Å². The molecule has 2 aromatic heterocycles. The lowest BCUT2D eigenvalue weighted by Crippen LogP contribution is -2.54. The number of nitrogen functional groups attached to an aromatic ring is 1. The number of hydrogen-bond acceptors (Lipinski definition) is 18. The number of aliphatic hydroxyl groups excluding tert-OH is 4. The van der Waals surface area contributed by atoms with E-state index in [1.54, 1.807) is 30.5 Å². The van der Waals surface area contributed by atoms with Crippen LogP contribution < -0.4 is 27.2 Å². The number of aromatic nitrogens is 3. The predicted octanol–water partition coefficient (Wildman–Crippen LogP) is -1.28. The van der Waals surface area contributed by atoms with Gasteiger partial charge in [0, 0.05) is 55.1 Å². The molecule has 360 valence electrons. The Labute approximate surface area is 378 Å². The molecule has 5 unspecified atom stereocenters. The first-order chi connectivity index (χ1) is 31.1. The van der Waals surface area contributed by atoms with Crippen molar-refractivity contribution in [3.63, 3.8) is 0 Å². The number of nitrogens with two attached hydrogens (primary N) is 1. The molecule has 4 heterocycles. The third-order valence-corrected chi connectivity index (χ3v) is 11.8. The van der Waals surface area contributed by atoms with Gasteiger partial charge in [-0.2, -0.15) is 16.7 Å². The molecule has 3 aromatic rings. The highest BCUT2D eigenvalue weighted by atomic mass is 32.2. The van der Waals surface area contributed by atoms with Crippen molar-refractivity contribution in [3.8, 4) is 0 Å². The van der Waals surface area contributed by atoms with Crippen LogP contribution in [-0.2, 0) is 50.9 Å². The summed E-state index contributed by atoms with van der Waals surface area (Å²) in [6, 6.07) is 4.65. The Hall–Kier alpha value is -4.69. The van der Waals surface area contributed by atoms with Crippen molar-refractivity contribution < 1.29 is 68.4 Å². The SMILES string of the molecule is CC(C)N[C@H](CSCC1OCC(O)C[C@@H]1O[C@@H]1OC(CO)C(O)CC1O)C(=O)NCCOCCOC(=O)CC[C@H](NC(=O)c1ccc(CCc2c[nH]c3nc(N)[nH]c(=O)c23)cc1)C(=O)O. The van der Waals surface area contributed by atoms with Crippen LogP contribution in [0, 0.1) is 0 Å². The molecule has 2 amide bonds. The summed E-state index contributed by atoms with van der Waals surface area (Å²) in [7, 11) is 0. The summed E-state index contributed by atoms with van der Waals surface area (Å²) < 4.78 is 28.1. The highest BCUT2D eigenvalue weighted by molar-refractivity contribution is 7.99. The van der Waals surface area contributed by atoms with Gasteiger partial charge in [0.05, 0.1) is 62.3 Å². The molecule has 12 N–H and O–H groups in total. The van der Waals surface area contributed by atoms with Gasteiger partial charge in [-0.05, 0) is 42.5 Å². The van der Waals surface area contributed by atoms with Crippen LogP contribution in [0.2, 0.25) is 0 Å². The molecule has 0 aliphatic carbocycles. The maximum absolute atomic E-state index is 13.1. The first-order valence-corrected chi connectivity index (χ1v) is 22.7. The van der Waals surface area contributed by atoms with E-state index in [-0.39, 0.29) is 87.7 Å². The van der Waals surface area contributed by atoms with Gasteiger partial charge >= 0.3 is 11.9 Å². The minimum atomic E-state index is -1.35. The fourth-order valence-corrected chi connectivity index (χ4v) is 8.46. The number of thioether (sulfide) groups is 1. The number of rotatable bonds is 25.